The molecule has 0 bridgehead atoms. The van der Waals surface area contributed by atoms with Gasteiger partial charge in [0.2, 0.25) is 0 Å². The summed E-state index contributed by atoms with van der Waals surface area (Å²) >= 11 is 0. The van der Waals surface area contributed by atoms with Crippen molar-refractivity contribution in [3.63, 3.8) is 0 Å². The molecular weight excluding hydrogens is 375 g/mol. The third-order valence-electron chi connectivity index (χ3n) is 6.11. The van der Waals surface area contributed by atoms with Crippen molar-refractivity contribution < 1.29 is 13.2 Å². The Morgan fingerprint density at radius 1 is 1.07 bits per heavy atom. The highest BCUT2D eigenvalue weighted by Crippen LogP contribution is 2.36. The number of nitrogens with zero attached hydrogens (tertiary/aromatic N) is 3. The summed E-state index contributed by atoms with van der Waals surface area (Å²) in [6.07, 6.45) is 8.94. The average molecular weight is 401 g/mol. The lowest BCUT2D eigenvalue weighted by Crippen LogP contribution is -2.37. The van der Waals surface area contributed by atoms with Gasteiger partial charge in [-0.05, 0) is 68.8 Å². The minimum Gasteiger partial charge on any atom is -0.303 e. The molecule has 1 aliphatic heterocycles. The normalized spacial score (nSPS) is 21.4. The van der Waals surface area contributed by atoms with E-state index in [4.69, 9.17) is 0 Å². The zero-order chi connectivity index (χ0) is 20.3. The molecule has 6 heteroatoms. The van der Waals surface area contributed by atoms with Crippen LogP contribution in [0.25, 0.3) is 11.1 Å². The maximum absolute atomic E-state index is 13.1. The summed E-state index contributed by atoms with van der Waals surface area (Å²) < 4.78 is 39.4. The van der Waals surface area contributed by atoms with Crippen molar-refractivity contribution in [1.29, 1.82) is 0 Å². The lowest BCUT2D eigenvalue weighted by atomic mass is 9.87. The Morgan fingerprint density at radius 3 is 2.62 bits per heavy atom. The van der Waals surface area contributed by atoms with E-state index in [-0.39, 0.29) is 5.92 Å². The van der Waals surface area contributed by atoms with Crippen molar-refractivity contribution in [3.05, 3.63) is 60.2 Å². The first-order chi connectivity index (χ1) is 14.0. The highest BCUT2D eigenvalue weighted by Gasteiger charge is 2.31. The largest absolute Gasteiger partial charge is 0.416 e. The number of rotatable bonds is 4. The van der Waals surface area contributed by atoms with Gasteiger partial charge in [0, 0.05) is 24.2 Å². The van der Waals surface area contributed by atoms with Gasteiger partial charge in [0.05, 0.1) is 11.3 Å². The fourth-order valence-corrected chi connectivity index (χ4v) is 4.53. The van der Waals surface area contributed by atoms with Gasteiger partial charge in [-0.2, -0.15) is 13.2 Å². The number of benzene rings is 1. The van der Waals surface area contributed by atoms with Gasteiger partial charge in [-0.1, -0.05) is 24.3 Å². The average Bonchev–Trinajstić information content (AvgIpc) is 2.75. The molecule has 0 unspecified atom stereocenters. The Kier molecular flexibility index (Phi) is 5.99. The zero-order valence-corrected chi connectivity index (χ0v) is 16.4. The van der Waals surface area contributed by atoms with E-state index in [9.17, 15) is 13.2 Å². The van der Waals surface area contributed by atoms with Crippen LogP contribution < -0.4 is 0 Å². The Balaban J connectivity index is 1.47. The van der Waals surface area contributed by atoms with E-state index < -0.39 is 11.7 Å². The van der Waals surface area contributed by atoms with Crippen LogP contribution in [0.1, 0.15) is 49.3 Å². The first-order valence-electron chi connectivity index (χ1n) is 10.4. The number of likely N-dealkylation sites (tertiary alicyclic amines) is 1. The predicted octanol–water partition coefficient (Wildman–Crippen LogP) is 5.70. The molecule has 2 aliphatic rings. The summed E-state index contributed by atoms with van der Waals surface area (Å²) in [5, 5.41) is 0. The van der Waals surface area contributed by atoms with Crippen molar-refractivity contribution in [2.24, 2.45) is 5.92 Å². The predicted molar refractivity (Wildman–Crippen MR) is 107 cm³/mol. The summed E-state index contributed by atoms with van der Waals surface area (Å²) in [7, 11) is 0. The van der Waals surface area contributed by atoms with E-state index in [2.05, 4.69) is 27.0 Å². The number of allylic oxidation sites excluding steroid dienone is 2. The lowest BCUT2D eigenvalue weighted by molar-refractivity contribution is -0.137. The van der Waals surface area contributed by atoms with E-state index in [0.29, 0.717) is 5.56 Å². The molecule has 0 saturated carbocycles. The maximum atomic E-state index is 13.1. The van der Waals surface area contributed by atoms with Crippen molar-refractivity contribution in [3.8, 4) is 11.1 Å². The fourth-order valence-electron chi connectivity index (χ4n) is 4.53. The van der Waals surface area contributed by atoms with E-state index in [1.54, 1.807) is 12.3 Å². The number of aromatic nitrogens is 2. The monoisotopic (exact) mass is 401 g/mol. The summed E-state index contributed by atoms with van der Waals surface area (Å²) in [5.74, 6) is 1.00. The summed E-state index contributed by atoms with van der Waals surface area (Å²) in [4.78, 5) is 11.1. The third kappa shape index (κ3) is 4.86. The molecule has 1 aliphatic carbocycles. The molecule has 2 heterocycles. The Labute approximate surface area is 169 Å². The Morgan fingerprint density at radius 2 is 1.90 bits per heavy atom. The second kappa shape index (κ2) is 8.66. The van der Waals surface area contributed by atoms with E-state index in [0.717, 1.165) is 55.7 Å². The van der Waals surface area contributed by atoms with E-state index >= 15 is 0 Å². The number of hydrogen-bond acceptors (Lipinski definition) is 3. The highest BCUT2D eigenvalue weighted by molar-refractivity contribution is 5.66. The van der Waals surface area contributed by atoms with Crippen molar-refractivity contribution in [2.45, 2.75) is 44.2 Å². The van der Waals surface area contributed by atoms with Crippen LogP contribution in [-0.4, -0.2) is 34.5 Å². The van der Waals surface area contributed by atoms with Crippen LogP contribution in [0.15, 0.2) is 48.9 Å². The maximum Gasteiger partial charge on any atom is 0.416 e. The molecule has 29 heavy (non-hydrogen) atoms. The lowest BCUT2D eigenvalue weighted by Gasteiger charge is -2.35. The van der Waals surface area contributed by atoms with Gasteiger partial charge < -0.3 is 4.90 Å². The molecule has 1 saturated heterocycles. The van der Waals surface area contributed by atoms with Crippen LogP contribution in [0.3, 0.4) is 0 Å². The van der Waals surface area contributed by atoms with E-state index in [1.807, 2.05) is 0 Å². The van der Waals surface area contributed by atoms with Crippen LogP contribution in [0.2, 0.25) is 0 Å². The molecule has 0 N–H and O–H groups in total. The van der Waals surface area contributed by atoms with Gasteiger partial charge in [-0.3, -0.25) is 0 Å². The number of halogens is 3. The van der Waals surface area contributed by atoms with Gasteiger partial charge in [0.1, 0.15) is 6.33 Å². The minimum atomic E-state index is -4.36. The molecule has 154 valence electrons. The first kappa shape index (κ1) is 20.1. The van der Waals surface area contributed by atoms with Crippen LogP contribution in [0, 0.1) is 5.92 Å². The molecule has 3 nitrogen and oxygen atoms in total. The molecule has 1 aromatic heterocycles. The molecule has 1 fully saturated rings. The smallest absolute Gasteiger partial charge is 0.303 e. The van der Waals surface area contributed by atoms with Gasteiger partial charge in [0.25, 0.3) is 0 Å². The Bertz CT molecular complexity index is 854. The first-order valence-corrected chi connectivity index (χ1v) is 10.4. The topological polar surface area (TPSA) is 29.0 Å². The molecule has 1 aromatic carbocycles. The van der Waals surface area contributed by atoms with Gasteiger partial charge in [-0.25, -0.2) is 9.97 Å². The van der Waals surface area contributed by atoms with Gasteiger partial charge >= 0.3 is 6.18 Å². The zero-order valence-electron chi connectivity index (χ0n) is 16.4. The molecule has 0 radical (unpaired) electrons. The van der Waals surface area contributed by atoms with Crippen LogP contribution in [0.4, 0.5) is 13.2 Å². The minimum absolute atomic E-state index is 0.255. The molecular formula is C23H26F3N3. The summed E-state index contributed by atoms with van der Waals surface area (Å²) in [5.41, 5.74) is 1.49. The molecule has 0 spiro atoms. The van der Waals surface area contributed by atoms with Crippen molar-refractivity contribution in [2.75, 3.05) is 19.6 Å². The molecule has 2 aromatic rings. The quantitative estimate of drug-likeness (QED) is 0.616. The number of piperidine rings is 1. The SMILES string of the molecule is FC(F)(F)c1cccc(-c2cncnc2C2CCN(C[C@@H]3CC=CCC3)CC2)c1. The number of hydrogen-bond donors (Lipinski definition) is 0. The van der Waals surface area contributed by atoms with Crippen LogP contribution >= 0.6 is 0 Å². The van der Waals surface area contributed by atoms with Crippen molar-refractivity contribution in [1.82, 2.24) is 14.9 Å². The van der Waals surface area contributed by atoms with Crippen LogP contribution in [-0.2, 0) is 6.18 Å². The van der Waals surface area contributed by atoms with Crippen LogP contribution in [0.5, 0.6) is 0 Å². The highest BCUT2D eigenvalue weighted by atomic mass is 19.4. The summed E-state index contributed by atoms with van der Waals surface area (Å²) in [6, 6.07) is 5.47. The molecule has 4 rings (SSSR count). The second-order valence-electron chi connectivity index (χ2n) is 8.13. The molecule has 1 atom stereocenters. The Hall–Kier alpha value is -2.21. The van der Waals surface area contributed by atoms with Gasteiger partial charge in [-0.15, -0.1) is 0 Å². The number of alkyl halides is 3. The summed E-state index contributed by atoms with van der Waals surface area (Å²) in [6.45, 7) is 3.16. The standard InChI is InChI=1S/C23H26F3N3/c24-23(25,26)20-8-4-7-19(13-20)21-14-27-16-28-22(21)18-9-11-29(12-10-18)15-17-5-2-1-3-6-17/h1-2,4,7-8,13-14,16-18H,3,5-6,9-12,15H2/t17-/m1/s1. The van der Waals surface area contributed by atoms with E-state index in [1.165, 1.54) is 37.7 Å². The third-order valence-corrected chi connectivity index (χ3v) is 6.11. The molecule has 0 amide bonds. The second-order valence-corrected chi connectivity index (χ2v) is 8.13. The van der Waals surface area contributed by atoms with Gasteiger partial charge in [0.15, 0.2) is 0 Å². The van der Waals surface area contributed by atoms with Crippen molar-refractivity contribution >= 4 is 0 Å². The fraction of sp³-hybridized carbons (Fsp3) is 0.478.